The van der Waals surface area contributed by atoms with Crippen LogP contribution < -0.4 is 10.6 Å². The van der Waals surface area contributed by atoms with Crippen molar-refractivity contribution in [3.63, 3.8) is 0 Å². The van der Waals surface area contributed by atoms with Crippen molar-refractivity contribution >= 4 is 28.8 Å². The molecule has 3 aliphatic heterocycles. The highest BCUT2D eigenvalue weighted by Gasteiger charge is 2.41. The fourth-order valence-corrected chi connectivity index (χ4v) is 5.90. The van der Waals surface area contributed by atoms with Gasteiger partial charge in [-0.1, -0.05) is 18.2 Å². The molecule has 2 N–H and O–H groups in total. The second-order valence-electron chi connectivity index (χ2n) is 9.21. The molecule has 0 spiro atoms. The second kappa shape index (κ2) is 9.64. The van der Waals surface area contributed by atoms with Gasteiger partial charge in [-0.25, -0.2) is 14.8 Å². The second-order valence-corrected chi connectivity index (χ2v) is 10.2. The predicted molar refractivity (Wildman–Crippen MR) is 134 cm³/mol. The third-order valence-corrected chi connectivity index (χ3v) is 7.81. The Bertz CT molecular complexity index is 1200. The number of hydrogen-bond acceptors (Lipinski definition) is 6. The lowest BCUT2D eigenvalue weighted by Gasteiger charge is -2.49. The zero-order valence-electron chi connectivity index (χ0n) is 19.5. The number of carbonyl (C=O) groups is 2. The summed E-state index contributed by atoms with van der Waals surface area (Å²) in [7, 11) is 0. The number of fused-ring (bicyclic) bond motifs is 3. The number of benzene rings is 1. The van der Waals surface area contributed by atoms with E-state index >= 15 is 0 Å². The van der Waals surface area contributed by atoms with Crippen LogP contribution in [0.5, 0.6) is 0 Å². The fourth-order valence-electron chi connectivity index (χ4n) is 5.22. The van der Waals surface area contributed by atoms with E-state index in [2.05, 4.69) is 44.1 Å². The third-order valence-electron chi connectivity index (χ3n) is 6.92. The molecule has 3 aromatic rings. The van der Waals surface area contributed by atoms with E-state index in [0.29, 0.717) is 35.7 Å². The summed E-state index contributed by atoms with van der Waals surface area (Å²) >= 11 is 1.70. The number of urea groups is 1. The number of aromatic nitrogens is 2. The Morgan fingerprint density at radius 1 is 1.18 bits per heavy atom. The summed E-state index contributed by atoms with van der Waals surface area (Å²) in [5.41, 5.74) is 3.36. The minimum atomic E-state index is -0.244. The molecule has 5 heterocycles. The summed E-state index contributed by atoms with van der Waals surface area (Å²) in [6, 6.07) is 13.4. The molecule has 4 atom stereocenters. The molecule has 7 nitrogen and oxygen atoms in total. The molecule has 3 fully saturated rings. The summed E-state index contributed by atoms with van der Waals surface area (Å²) in [6.45, 7) is 6.10. The number of piperidine rings is 3. The van der Waals surface area contributed by atoms with Crippen LogP contribution >= 0.6 is 11.3 Å². The van der Waals surface area contributed by atoms with Crippen LogP contribution in [-0.2, 0) is 0 Å². The van der Waals surface area contributed by atoms with E-state index in [1.54, 1.807) is 35.6 Å². The molecule has 8 heteroatoms. The van der Waals surface area contributed by atoms with Gasteiger partial charge in [0.2, 0.25) is 0 Å². The molecule has 0 aliphatic carbocycles. The molecule has 2 bridgehead atoms. The molecule has 34 heavy (non-hydrogen) atoms. The van der Waals surface area contributed by atoms with Crippen LogP contribution in [-0.4, -0.2) is 52.4 Å². The number of amides is 2. The lowest BCUT2D eigenvalue weighted by atomic mass is 9.74. The molecule has 3 saturated heterocycles. The minimum Gasteiger partial charge on any atom is -0.336 e. The summed E-state index contributed by atoms with van der Waals surface area (Å²) in [6.07, 6.45) is 2.20. The number of ketones is 1. The zero-order chi connectivity index (χ0) is 23.7. The molecule has 3 aliphatic rings. The van der Waals surface area contributed by atoms with Crippen LogP contribution in [0.1, 0.15) is 47.6 Å². The number of aryl methyl sites for hydroxylation is 1. The Hall–Kier alpha value is -3.10. The molecule has 0 saturated carbocycles. The first-order valence-corrected chi connectivity index (χ1v) is 12.6. The minimum absolute atomic E-state index is 0.0222. The maximum atomic E-state index is 12.5. The summed E-state index contributed by atoms with van der Waals surface area (Å²) in [4.78, 5) is 37.2. The van der Waals surface area contributed by atoms with Gasteiger partial charge in [0, 0.05) is 42.0 Å². The van der Waals surface area contributed by atoms with Crippen molar-refractivity contribution in [1.82, 2.24) is 20.2 Å². The highest BCUT2D eigenvalue weighted by Crippen LogP contribution is 2.41. The van der Waals surface area contributed by atoms with E-state index in [9.17, 15) is 9.59 Å². The predicted octanol–water partition coefficient (Wildman–Crippen LogP) is 4.72. The molecule has 2 amide bonds. The van der Waals surface area contributed by atoms with Crippen molar-refractivity contribution < 1.29 is 9.59 Å². The van der Waals surface area contributed by atoms with Crippen LogP contribution in [0.4, 0.5) is 10.5 Å². The van der Waals surface area contributed by atoms with Gasteiger partial charge in [0.05, 0.1) is 10.6 Å². The van der Waals surface area contributed by atoms with Gasteiger partial charge in [-0.2, -0.15) is 0 Å². The summed E-state index contributed by atoms with van der Waals surface area (Å²) in [5, 5.41) is 7.95. The van der Waals surface area contributed by atoms with E-state index in [1.165, 1.54) is 11.8 Å². The van der Waals surface area contributed by atoms with Crippen molar-refractivity contribution in [3.8, 4) is 10.6 Å². The van der Waals surface area contributed by atoms with Crippen molar-refractivity contribution in [2.75, 3.05) is 25.0 Å². The van der Waals surface area contributed by atoms with Crippen molar-refractivity contribution in [1.29, 1.82) is 0 Å². The normalized spacial score (nSPS) is 23.5. The monoisotopic (exact) mass is 475 g/mol. The maximum absolute atomic E-state index is 12.5. The molecular formula is C26H29N5O2S. The topological polar surface area (TPSA) is 87.2 Å². The highest BCUT2D eigenvalue weighted by atomic mass is 32.1. The Morgan fingerprint density at radius 2 is 2.06 bits per heavy atom. The largest absolute Gasteiger partial charge is 0.336 e. The van der Waals surface area contributed by atoms with E-state index < -0.39 is 0 Å². The van der Waals surface area contributed by atoms with Crippen molar-refractivity contribution in [2.24, 2.45) is 5.92 Å². The van der Waals surface area contributed by atoms with Gasteiger partial charge in [-0.15, -0.1) is 11.3 Å². The van der Waals surface area contributed by atoms with Crippen LogP contribution in [0.3, 0.4) is 0 Å². The number of hydrogen-bond donors (Lipinski definition) is 2. The van der Waals surface area contributed by atoms with Gasteiger partial charge in [0.1, 0.15) is 5.82 Å². The first-order valence-electron chi connectivity index (χ1n) is 11.8. The Kier molecular flexibility index (Phi) is 6.43. The SMILES string of the molecule is CC(=O)c1cccc(NC(=O)NCC2CC3CCN2CC3c2cc(-c3cccs3)nc(C)n2)c1. The molecule has 2 aromatic heterocycles. The first-order chi connectivity index (χ1) is 16.5. The van der Waals surface area contributed by atoms with E-state index in [-0.39, 0.29) is 11.8 Å². The van der Waals surface area contributed by atoms with Gasteiger partial charge < -0.3 is 10.6 Å². The molecule has 1 aromatic carbocycles. The number of rotatable bonds is 6. The third kappa shape index (κ3) is 4.88. The standard InChI is InChI=1S/C26H29N5O2S/c1-16(32)18-5-3-6-20(11-18)30-26(33)27-14-21-12-19-8-9-31(21)15-22(19)23-13-24(29-17(2)28-23)25-7-4-10-34-25/h3-7,10-11,13,19,21-22H,8-9,12,14-15H2,1-2H3,(H2,27,30,33). The summed E-state index contributed by atoms with van der Waals surface area (Å²) in [5.74, 6) is 1.75. The molecule has 6 rings (SSSR count). The van der Waals surface area contributed by atoms with Crippen molar-refractivity contribution in [3.05, 3.63) is 64.9 Å². The Labute approximate surface area is 203 Å². The van der Waals surface area contributed by atoms with Crippen LogP contribution in [0.15, 0.2) is 47.8 Å². The van der Waals surface area contributed by atoms with Crippen LogP contribution in [0, 0.1) is 12.8 Å². The molecule has 176 valence electrons. The number of carbonyl (C=O) groups excluding carboxylic acids is 2. The van der Waals surface area contributed by atoms with E-state index in [1.807, 2.05) is 6.92 Å². The molecule has 4 unspecified atom stereocenters. The van der Waals surface area contributed by atoms with E-state index in [0.717, 1.165) is 43.1 Å². The maximum Gasteiger partial charge on any atom is 0.319 e. The number of thiophene rings is 1. The molecule has 0 radical (unpaired) electrons. The van der Waals surface area contributed by atoms with Gasteiger partial charge in [-0.05, 0) is 68.8 Å². The average Bonchev–Trinajstić information content (AvgIpc) is 3.38. The first kappa shape index (κ1) is 22.7. The van der Waals surface area contributed by atoms with Gasteiger partial charge in [0.25, 0.3) is 0 Å². The Balaban J connectivity index is 1.20. The summed E-state index contributed by atoms with van der Waals surface area (Å²) < 4.78 is 0. The van der Waals surface area contributed by atoms with Crippen LogP contribution in [0.2, 0.25) is 0 Å². The van der Waals surface area contributed by atoms with Gasteiger partial charge in [-0.3, -0.25) is 9.69 Å². The van der Waals surface area contributed by atoms with Gasteiger partial charge in [0.15, 0.2) is 5.78 Å². The lowest BCUT2D eigenvalue weighted by Crippen LogP contribution is -2.56. The van der Waals surface area contributed by atoms with E-state index in [4.69, 9.17) is 4.98 Å². The number of nitrogens with zero attached hydrogens (tertiary/aromatic N) is 3. The average molecular weight is 476 g/mol. The van der Waals surface area contributed by atoms with Gasteiger partial charge >= 0.3 is 6.03 Å². The Morgan fingerprint density at radius 3 is 2.79 bits per heavy atom. The zero-order valence-corrected chi connectivity index (χ0v) is 20.3. The smallest absolute Gasteiger partial charge is 0.319 e. The lowest BCUT2D eigenvalue weighted by molar-refractivity contribution is 0.0307. The number of nitrogens with one attached hydrogen (secondary N) is 2. The highest BCUT2D eigenvalue weighted by molar-refractivity contribution is 7.13. The van der Waals surface area contributed by atoms with Crippen LogP contribution in [0.25, 0.3) is 10.6 Å². The number of Topliss-reactive ketones (excluding diaryl/α,β-unsaturated/α-hetero) is 1. The van der Waals surface area contributed by atoms with Crippen molar-refractivity contribution in [2.45, 2.75) is 38.6 Å². The fraction of sp³-hybridized carbons (Fsp3) is 0.385. The molecular weight excluding hydrogens is 446 g/mol. The quantitative estimate of drug-likeness (QED) is 0.504. The number of anilines is 1.